The van der Waals surface area contributed by atoms with Crippen LogP contribution >= 0.6 is 0 Å². The normalized spacial score (nSPS) is 11.9. The lowest BCUT2D eigenvalue weighted by molar-refractivity contribution is 0.0457. The Morgan fingerprint density at radius 1 is 1.13 bits per heavy atom. The van der Waals surface area contributed by atoms with Gasteiger partial charge in [0.05, 0.1) is 21.5 Å². The molecule has 0 N–H and O–H groups in total. The summed E-state index contributed by atoms with van der Waals surface area (Å²) in [5.41, 5.74) is 0.886. The van der Waals surface area contributed by atoms with Gasteiger partial charge in [0.1, 0.15) is 24.1 Å². The van der Waals surface area contributed by atoms with Crippen molar-refractivity contribution in [2.75, 3.05) is 14.1 Å². The van der Waals surface area contributed by atoms with Crippen molar-refractivity contribution in [2.45, 2.75) is 31.4 Å². The maximum absolute atomic E-state index is 13.3. The van der Waals surface area contributed by atoms with Crippen LogP contribution < -0.4 is 0 Å². The third-order valence-corrected chi connectivity index (χ3v) is 6.27. The minimum Gasteiger partial charge on any atom is -0.454 e. The summed E-state index contributed by atoms with van der Waals surface area (Å²) >= 11 is 0. The fourth-order valence-corrected chi connectivity index (χ4v) is 3.92. The van der Waals surface area contributed by atoms with Gasteiger partial charge in [0.2, 0.25) is 10.0 Å². The number of imidazole rings is 1. The maximum atomic E-state index is 13.3. The first-order valence-corrected chi connectivity index (χ1v) is 10.6. The fourth-order valence-electron chi connectivity index (χ4n) is 3.00. The molecule has 1 heterocycles. The predicted octanol–water partition coefficient (Wildman–Crippen LogP) is 3.33. The van der Waals surface area contributed by atoms with Crippen LogP contribution in [0.2, 0.25) is 0 Å². The number of nitrogens with zero attached hydrogens (tertiary/aromatic N) is 3. The van der Waals surface area contributed by atoms with Gasteiger partial charge in [-0.15, -0.1) is 0 Å². The number of benzene rings is 2. The molecule has 0 saturated carbocycles. The second-order valence-corrected chi connectivity index (χ2v) is 9.00. The topological polar surface area (TPSA) is 81.5 Å². The van der Waals surface area contributed by atoms with Crippen molar-refractivity contribution in [3.05, 3.63) is 59.4 Å². The first-order valence-electron chi connectivity index (χ1n) is 9.18. The molecule has 3 aromatic rings. The van der Waals surface area contributed by atoms with E-state index < -0.39 is 27.6 Å². The summed E-state index contributed by atoms with van der Waals surface area (Å²) < 4.78 is 59.5. The molecule has 0 unspecified atom stereocenters. The molecule has 0 aliphatic carbocycles. The van der Waals surface area contributed by atoms with Crippen molar-refractivity contribution in [2.24, 2.45) is 0 Å². The highest BCUT2D eigenvalue weighted by atomic mass is 32.2. The molecular formula is C20H21F2N3O4S. The first-order chi connectivity index (χ1) is 14.1. The minimum atomic E-state index is -3.63. The smallest absolute Gasteiger partial charge is 0.338 e. The largest absolute Gasteiger partial charge is 0.454 e. The number of esters is 1. The van der Waals surface area contributed by atoms with E-state index in [4.69, 9.17) is 4.74 Å². The Morgan fingerprint density at radius 3 is 2.40 bits per heavy atom. The average molecular weight is 437 g/mol. The van der Waals surface area contributed by atoms with E-state index in [9.17, 15) is 22.0 Å². The lowest BCUT2D eigenvalue weighted by atomic mass is 10.2. The molecule has 3 rings (SSSR count). The summed E-state index contributed by atoms with van der Waals surface area (Å²) in [7, 11) is -0.747. The number of carbonyl (C=O) groups excluding carboxylic acids is 1. The van der Waals surface area contributed by atoms with Crippen molar-refractivity contribution in [3.8, 4) is 0 Å². The van der Waals surface area contributed by atoms with Crippen molar-refractivity contribution >= 4 is 27.0 Å². The van der Waals surface area contributed by atoms with Crippen molar-refractivity contribution in [1.82, 2.24) is 13.9 Å². The zero-order valence-electron chi connectivity index (χ0n) is 16.7. The number of aromatic nitrogens is 2. The summed E-state index contributed by atoms with van der Waals surface area (Å²) in [6, 6.07) is 7.05. The molecular weight excluding hydrogens is 416 g/mol. The quantitative estimate of drug-likeness (QED) is 0.530. The van der Waals surface area contributed by atoms with Gasteiger partial charge in [-0.3, -0.25) is 0 Å². The molecule has 0 saturated heterocycles. The Hall–Kier alpha value is -2.85. The van der Waals surface area contributed by atoms with Crippen LogP contribution in [0.4, 0.5) is 8.78 Å². The van der Waals surface area contributed by atoms with Crippen LogP contribution in [0.15, 0.2) is 41.3 Å². The second-order valence-electron chi connectivity index (χ2n) is 6.85. The highest BCUT2D eigenvalue weighted by Gasteiger charge is 2.20. The number of rotatable bonds is 7. The van der Waals surface area contributed by atoms with Crippen molar-refractivity contribution in [3.63, 3.8) is 0 Å². The molecule has 0 radical (unpaired) electrons. The van der Waals surface area contributed by atoms with Gasteiger partial charge in [-0.05, 0) is 36.8 Å². The number of aryl methyl sites for hydroxylation is 1. The zero-order chi connectivity index (χ0) is 22.1. The van der Waals surface area contributed by atoms with E-state index in [1.54, 1.807) is 6.07 Å². The molecule has 1 aromatic heterocycles. The Morgan fingerprint density at radius 2 is 1.80 bits per heavy atom. The molecule has 160 valence electrons. The molecule has 0 spiro atoms. The van der Waals surface area contributed by atoms with Gasteiger partial charge in [0.15, 0.2) is 0 Å². The standard InChI is InChI=1S/C20H21F2N3O4S/c1-4-7-25-18-6-5-16(30(27,28)24(2)3)11-17(18)23-19(25)12-29-20(26)13-8-14(21)10-15(22)9-13/h5-6,8-11H,4,7,12H2,1-3H3. The molecule has 0 aliphatic heterocycles. The van der Waals surface area contributed by atoms with Crippen LogP contribution in [-0.4, -0.2) is 42.3 Å². The van der Waals surface area contributed by atoms with Gasteiger partial charge >= 0.3 is 5.97 Å². The van der Waals surface area contributed by atoms with E-state index >= 15 is 0 Å². The Balaban J connectivity index is 1.92. The van der Waals surface area contributed by atoms with Crippen LogP contribution in [0.25, 0.3) is 11.0 Å². The molecule has 0 atom stereocenters. The first kappa shape index (κ1) is 21.8. The van der Waals surface area contributed by atoms with Gasteiger partial charge in [-0.2, -0.15) is 0 Å². The van der Waals surface area contributed by atoms with E-state index in [1.807, 2.05) is 11.5 Å². The Labute approximate surface area is 172 Å². The number of halogens is 2. The summed E-state index contributed by atoms with van der Waals surface area (Å²) in [5.74, 6) is -2.25. The van der Waals surface area contributed by atoms with E-state index in [2.05, 4.69) is 4.98 Å². The van der Waals surface area contributed by atoms with E-state index in [-0.39, 0.29) is 17.1 Å². The summed E-state index contributed by atoms with van der Waals surface area (Å²) in [6.07, 6.45) is 0.763. The Kier molecular flexibility index (Phi) is 6.18. The molecule has 2 aromatic carbocycles. The number of carbonyl (C=O) groups is 1. The molecule has 0 amide bonds. The second kappa shape index (κ2) is 8.49. The van der Waals surface area contributed by atoms with E-state index in [1.165, 1.54) is 26.2 Å². The third-order valence-electron chi connectivity index (χ3n) is 4.46. The number of hydrogen-bond donors (Lipinski definition) is 0. The average Bonchev–Trinajstić information content (AvgIpc) is 3.02. The van der Waals surface area contributed by atoms with Crippen LogP contribution in [0.5, 0.6) is 0 Å². The summed E-state index contributed by atoms with van der Waals surface area (Å²) in [6.45, 7) is 2.29. The van der Waals surface area contributed by atoms with Crippen molar-refractivity contribution < 1.29 is 26.7 Å². The molecule has 0 fully saturated rings. The van der Waals surface area contributed by atoms with Crippen LogP contribution in [0, 0.1) is 11.6 Å². The SMILES string of the molecule is CCCn1c(COC(=O)c2cc(F)cc(F)c2)nc2cc(S(=O)(=O)N(C)C)ccc21. The number of fused-ring (bicyclic) bond motifs is 1. The molecule has 10 heteroatoms. The Bertz CT molecular complexity index is 1190. The van der Waals surface area contributed by atoms with Gasteiger partial charge in [0, 0.05) is 26.7 Å². The molecule has 0 bridgehead atoms. The molecule has 7 nitrogen and oxygen atoms in total. The van der Waals surface area contributed by atoms with Gasteiger partial charge < -0.3 is 9.30 Å². The zero-order valence-corrected chi connectivity index (χ0v) is 17.5. The van der Waals surface area contributed by atoms with Crippen LogP contribution in [0.3, 0.4) is 0 Å². The molecule has 30 heavy (non-hydrogen) atoms. The van der Waals surface area contributed by atoms with Gasteiger partial charge in [0.25, 0.3) is 0 Å². The fraction of sp³-hybridized carbons (Fsp3) is 0.300. The molecule has 0 aliphatic rings. The lowest BCUT2D eigenvalue weighted by Gasteiger charge is -2.11. The monoisotopic (exact) mass is 437 g/mol. The maximum Gasteiger partial charge on any atom is 0.338 e. The number of ether oxygens (including phenoxy) is 1. The lowest BCUT2D eigenvalue weighted by Crippen LogP contribution is -2.22. The minimum absolute atomic E-state index is 0.0972. The van der Waals surface area contributed by atoms with Crippen LogP contribution in [-0.2, 0) is 27.9 Å². The third kappa shape index (κ3) is 4.34. The van der Waals surface area contributed by atoms with Gasteiger partial charge in [-0.1, -0.05) is 6.92 Å². The van der Waals surface area contributed by atoms with Crippen molar-refractivity contribution in [1.29, 1.82) is 0 Å². The van der Waals surface area contributed by atoms with E-state index in [0.717, 1.165) is 22.9 Å². The highest BCUT2D eigenvalue weighted by Crippen LogP contribution is 2.23. The summed E-state index contributed by atoms with van der Waals surface area (Å²) in [4.78, 5) is 16.7. The number of hydrogen-bond acceptors (Lipinski definition) is 5. The highest BCUT2D eigenvalue weighted by molar-refractivity contribution is 7.89. The number of sulfonamides is 1. The summed E-state index contributed by atoms with van der Waals surface area (Å²) in [5, 5.41) is 0. The van der Waals surface area contributed by atoms with Crippen LogP contribution in [0.1, 0.15) is 29.5 Å². The predicted molar refractivity (Wildman–Crippen MR) is 106 cm³/mol. The van der Waals surface area contributed by atoms with Gasteiger partial charge in [-0.25, -0.2) is 31.3 Å². The van der Waals surface area contributed by atoms with E-state index in [0.29, 0.717) is 29.5 Å².